The molecule has 0 unspecified atom stereocenters. The van der Waals surface area contributed by atoms with Crippen LogP contribution >= 0.6 is 0 Å². The molecule has 2 aromatic carbocycles. The van der Waals surface area contributed by atoms with Gasteiger partial charge in [-0.2, -0.15) is 9.29 Å². The van der Waals surface area contributed by atoms with Gasteiger partial charge in [0.05, 0.1) is 18.1 Å². The number of rotatable bonds is 4. The molecule has 1 amide bonds. The van der Waals surface area contributed by atoms with Crippen molar-refractivity contribution in [3.05, 3.63) is 53.8 Å². The van der Waals surface area contributed by atoms with Crippen molar-refractivity contribution in [3.63, 3.8) is 0 Å². The number of sulfonamides is 1. The summed E-state index contributed by atoms with van der Waals surface area (Å²) < 4.78 is 45.6. The van der Waals surface area contributed by atoms with Gasteiger partial charge in [-0.1, -0.05) is 0 Å². The zero-order valence-electron chi connectivity index (χ0n) is 16.6. The van der Waals surface area contributed by atoms with Crippen molar-refractivity contribution in [3.8, 4) is 0 Å². The number of morpholine rings is 1. The van der Waals surface area contributed by atoms with Crippen LogP contribution in [0.4, 0.5) is 10.3 Å². The lowest BCUT2D eigenvalue weighted by molar-refractivity contribution is 0.0730. The number of H-pyrrole nitrogens is 1. The fourth-order valence-electron chi connectivity index (χ4n) is 3.47. The number of hydrogen-bond acceptors (Lipinski definition) is 7. The second kappa shape index (κ2) is 7.89. The smallest absolute Gasteiger partial charge is 0.258 e. The molecule has 2 N–H and O–H groups in total. The molecule has 0 atom stereocenters. The molecule has 164 valence electrons. The van der Waals surface area contributed by atoms with E-state index in [4.69, 9.17) is 4.74 Å². The highest BCUT2D eigenvalue weighted by Crippen LogP contribution is 2.27. The van der Waals surface area contributed by atoms with Gasteiger partial charge in [0, 0.05) is 29.6 Å². The van der Waals surface area contributed by atoms with Gasteiger partial charge in [0.1, 0.15) is 11.3 Å². The predicted molar refractivity (Wildman–Crippen MR) is 113 cm³/mol. The van der Waals surface area contributed by atoms with Crippen LogP contribution in [0, 0.1) is 5.82 Å². The molecule has 1 fully saturated rings. The van der Waals surface area contributed by atoms with Gasteiger partial charge in [-0.3, -0.25) is 10.1 Å². The zero-order chi connectivity index (χ0) is 22.3. The van der Waals surface area contributed by atoms with Crippen molar-refractivity contribution in [1.82, 2.24) is 24.5 Å². The number of ether oxygens (including phenoxy) is 1. The number of nitrogens with one attached hydrogen (secondary N) is 2. The van der Waals surface area contributed by atoms with Gasteiger partial charge in [0.15, 0.2) is 5.65 Å². The molecule has 12 heteroatoms. The number of amides is 1. The standard InChI is InChI=1S/C20H17FN6O4S/c21-13-3-1-12(2-4-13)19(28)24-20-23-18-17(25-26-20)15-11-14(5-6-16(15)22-18)32(29,30)27-7-9-31-10-8-27/h1-6,11H,7-10H2,(H2,22,23,24,26,28). The number of halogens is 1. The minimum Gasteiger partial charge on any atom is -0.379 e. The van der Waals surface area contributed by atoms with E-state index in [2.05, 4.69) is 25.5 Å². The molecule has 0 aliphatic carbocycles. The Morgan fingerprint density at radius 3 is 2.59 bits per heavy atom. The van der Waals surface area contributed by atoms with Gasteiger partial charge in [0.25, 0.3) is 11.9 Å². The van der Waals surface area contributed by atoms with Crippen LogP contribution in [0.1, 0.15) is 10.4 Å². The zero-order valence-corrected chi connectivity index (χ0v) is 17.4. The van der Waals surface area contributed by atoms with Crippen molar-refractivity contribution in [2.45, 2.75) is 4.90 Å². The maximum absolute atomic E-state index is 13.0. The molecule has 0 radical (unpaired) electrons. The fourth-order valence-corrected chi connectivity index (χ4v) is 4.91. The number of hydrogen-bond donors (Lipinski definition) is 2. The van der Waals surface area contributed by atoms with Crippen LogP contribution in [-0.4, -0.2) is 65.1 Å². The first-order valence-electron chi connectivity index (χ1n) is 9.73. The summed E-state index contributed by atoms with van der Waals surface area (Å²) in [6, 6.07) is 9.74. The highest BCUT2D eigenvalue weighted by atomic mass is 32.2. The number of benzene rings is 2. The Labute approximate surface area is 181 Å². The van der Waals surface area contributed by atoms with Crippen molar-refractivity contribution in [2.24, 2.45) is 0 Å². The van der Waals surface area contributed by atoms with Crippen LogP contribution in [0.3, 0.4) is 0 Å². The summed E-state index contributed by atoms with van der Waals surface area (Å²) in [4.78, 5) is 19.8. The number of aromatic amines is 1. The molecule has 0 spiro atoms. The Kier molecular flexibility index (Phi) is 5.04. The molecular weight excluding hydrogens is 439 g/mol. The molecule has 32 heavy (non-hydrogen) atoms. The molecule has 0 saturated carbocycles. The third kappa shape index (κ3) is 3.68. The molecule has 0 bridgehead atoms. The average Bonchev–Trinajstić information content (AvgIpc) is 3.17. The van der Waals surface area contributed by atoms with Crippen molar-refractivity contribution in [1.29, 1.82) is 0 Å². The van der Waals surface area contributed by atoms with Crippen LogP contribution in [0.2, 0.25) is 0 Å². The number of carbonyl (C=O) groups is 1. The Bertz CT molecular complexity index is 1430. The summed E-state index contributed by atoms with van der Waals surface area (Å²) in [7, 11) is -3.67. The molecular formula is C20H17FN6O4S. The third-order valence-corrected chi connectivity index (χ3v) is 7.02. The van der Waals surface area contributed by atoms with E-state index in [-0.39, 0.29) is 16.4 Å². The van der Waals surface area contributed by atoms with Crippen LogP contribution in [0.5, 0.6) is 0 Å². The van der Waals surface area contributed by atoms with Gasteiger partial charge in [-0.05, 0) is 42.5 Å². The van der Waals surface area contributed by atoms with E-state index in [0.29, 0.717) is 48.4 Å². The highest BCUT2D eigenvalue weighted by molar-refractivity contribution is 7.89. The number of nitrogens with zero attached hydrogens (tertiary/aromatic N) is 4. The molecule has 1 aliphatic rings. The van der Waals surface area contributed by atoms with Gasteiger partial charge >= 0.3 is 0 Å². The maximum Gasteiger partial charge on any atom is 0.258 e. The number of carbonyl (C=O) groups excluding carboxylic acids is 1. The monoisotopic (exact) mass is 456 g/mol. The summed E-state index contributed by atoms with van der Waals surface area (Å²) in [6.45, 7) is 1.31. The second-order valence-corrected chi connectivity index (χ2v) is 9.08. The summed E-state index contributed by atoms with van der Waals surface area (Å²) in [6.07, 6.45) is 0. The van der Waals surface area contributed by atoms with Gasteiger partial charge in [0.2, 0.25) is 10.0 Å². The van der Waals surface area contributed by atoms with E-state index in [1.54, 1.807) is 6.07 Å². The Balaban J connectivity index is 1.46. The third-order valence-electron chi connectivity index (χ3n) is 5.13. The first-order chi connectivity index (χ1) is 15.4. The maximum atomic E-state index is 13.0. The molecule has 5 rings (SSSR count). The molecule has 1 aliphatic heterocycles. The highest BCUT2D eigenvalue weighted by Gasteiger charge is 2.27. The van der Waals surface area contributed by atoms with Crippen molar-refractivity contribution >= 4 is 43.9 Å². The van der Waals surface area contributed by atoms with Gasteiger partial charge in [-0.25, -0.2) is 12.8 Å². The molecule has 10 nitrogen and oxygen atoms in total. The van der Waals surface area contributed by atoms with E-state index in [0.717, 1.165) is 0 Å². The Morgan fingerprint density at radius 2 is 1.84 bits per heavy atom. The predicted octanol–water partition coefficient (Wildman–Crippen LogP) is 1.92. The van der Waals surface area contributed by atoms with Gasteiger partial charge in [-0.15, -0.1) is 10.2 Å². The number of fused-ring (bicyclic) bond motifs is 3. The normalized spacial score (nSPS) is 15.3. The summed E-state index contributed by atoms with van der Waals surface area (Å²) in [5.41, 5.74) is 1.58. The van der Waals surface area contributed by atoms with Gasteiger partial charge < -0.3 is 9.72 Å². The molecule has 4 aromatic rings. The first kappa shape index (κ1) is 20.4. The van der Waals surface area contributed by atoms with E-state index in [9.17, 15) is 17.6 Å². The minimum absolute atomic E-state index is 0.0421. The SMILES string of the molecule is O=C(Nc1nnc2c(n1)[nH]c1ccc(S(=O)(=O)N3CCOCC3)cc12)c1ccc(F)cc1. The van der Waals surface area contributed by atoms with Crippen molar-refractivity contribution in [2.75, 3.05) is 31.6 Å². The Hall–Kier alpha value is -3.48. The summed E-state index contributed by atoms with van der Waals surface area (Å²) in [5, 5.41) is 11.1. The molecule has 3 heterocycles. The number of anilines is 1. The quantitative estimate of drug-likeness (QED) is 0.480. The minimum atomic E-state index is -3.67. The lowest BCUT2D eigenvalue weighted by atomic mass is 10.2. The van der Waals surface area contributed by atoms with E-state index in [1.807, 2.05) is 0 Å². The molecule has 1 saturated heterocycles. The summed E-state index contributed by atoms with van der Waals surface area (Å²) >= 11 is 0. The van der Waals surface area contributed by atoms with Crippen LogP contribution in [0.25, 0.3) is 22.1 Å². The lowest BCUT2D eigenvalue weighted by Gasteiger charge is -2.26. The van der Waals surface area contributed by atoms with E-state index < -0.39 is 21.7 Å². The van der Waals surface area contributed by atoms with Crippen molar-refractivity contribution < 1.29 is 22.3 Å². The average molecular weight is 456 g/mol. The fraction of sp³-hybridized carbons (Fsp3) is 0.200. The lowest BCUT2D eigenvalue weighted by Crippen LogP contribution is -2.40. The largest absolute Gasteiger partial charge is 0.379 e. The second-order valence-electron chi connectivity index (χ2n) is 7.14. The van der Waals surface area contributed by atoms with Crippen LogP contribution in [0.15, 0.2) is 47.4 Å². The molecule has 2 aromatic heterocycles. The summed E-state index contributed by atoms with van der Waals surface area (Å²) in [5.74, 6) is -1.00. The van der Waals surface area contributed by atoms with E-state index >= 15 is 0 Å². The van der Waals surface area contributed by atoms with Crippen LogP contribution < -0.4 is 5.32 Å². The first-order valence-corrected chi connectivity index (χ1v) is 11.2. The topological polar surface area (TPSA) is 130 Å². The van der Waals surface area contributed by atoms with Crippen LogP contribution in [-0.2, 0) is 14.8 Å². The number of aromatic nitrogens is 4. The van der Waals surface area contributed by atoms with E-state index in [1.165, 1.54) is 40.7 Å². The Morgan fingerprint density at radius 1 is 1.09 bits per heavy atom.